The first-order valence-electron chi connectivity index (χ1n) is 6.29. The van der Waals surface area contributed by atoms with Crippen molar-refractivity contribution in [3.8, 4) is 11.5 Å². The third kappa shape index (κ3) is 3.75. The Kier molecular flexibility index (Phi) is 4.64. The van der Waals surface area contributed by atoms with Crippen molar-refractivity contribution in [1.29, 1.82) is 0 Å². The summed E-state index contributed by atoms with van der Waals surface area (Å²) in [7, 11) is 0. The van der Waals surface area contributed by atoms with Crippen molar-refractivity contribution in [2.75, 3.05) is 11.2 Å². The number of alkyl halides is 1. The molecule has 2 aromatic carbocycles. The summed E-state index contributed by atoms with van der Waals surface area (Å²) in [5.74, 6) is 1.27. The summed E-state index contributed by atoms with van der Waals surface area (Å²) in [4.78, 5) is 11.2. The molecule has 4 heteroatoms. The Hall–Kier alpha value is -2.00. The third-order valence-electron chi connectivity index (χ3n) is 2.82. The van der Waals surface area contributed by atoms with Gasteiger partial charge in [-0.1, -0.05) is 17.7 Å². The Morgan fingerprint density at radius 2 is 1.85 bits per heavy atom. The van der Waals surface area contributed by atoms with E-state index in [9.17, 15) is 4.79 Å². The van der Waals surface area contributed by atoms with E-state index in [0.29, 0.717) is 5.69 Å². The fraction of sp³-hybridized carbons (Fsp3) is 0.188. The summed E-state index contributed by atoms with van der Waals surface area (Å²) >= 11 is 5.43. The molecule has 3 nitrogen and oxygen atoms in total. The van der Waals surface area contributed by atoms with Gasteiger partial charge in [-0.2, -0.15) is 0 Å². The highest BCUT2D eigenvalue weighted by atomic mass is 35.5. The predicted octanol–water partition coefficient (Wildman–Crippen LogP) is 4.27. The number of hydrogen-bond donors (Lipinski definition) is 1. The molecule has 0 aliphatic heterocycles. The Labute approximate surface area is 123 Å². The van der Waals surface area contributed by atoms with Gasteiger partial charge in [0.15, 0.2) is 0 Å². The Bertz CT molecular complexity index is 608. The van der Waals surface area contributed by atoms with Crippen LogP contribution in [0, 0.1) is 13.8 Å². The van der Waals surface area contributed by atoms with Crippen molar-refractivity contribution in [2.45, 2.75) is 13.8 Å². The van der Waals surface area contributed by atoms with Crippen molar-refractivity contribution >= 4 is 23.2 Å². The number of carbonyl (C=O) groups excluding carboxylic acids is 1. The van der Waals surface area contributed by atoms with E-state index >= 15 is 0 Å². The number of benzene rings is 2. The largest absolute Gasteiger partial charge is 0.457 e. The SMILES string of the molecule is Cc1ccc(Oc2ccc(NC(=O)CCl)cc2)c(C)c1. The lowest BCUT2D eigenvalue weighted by Crippen LogP contribution is -2.12. The fourth-order valence-electron chi connectivity index (χ4n) is 1.84. The van der Waals surface area contributed by atoms with Crippen LogP contribution in [0.1, 0.15) is 11.1 Å². The minimum Gasteiger partial charge on any atom is -0.457 e. The van der Waals surface area contributed by atoms with Crippen LogP contribution >= 0.6 is 11.6 Å². The van der Waals surface area contributed by atoms with Crippen LogP contribution in [-0.4, -0.2) is 11.8 Å². The number of ether oxygens (including phenoxy) is 1. The molecule has 0 aliphatic rings. The molecule has 0 spiro atoms. The van der Waals surface area contributed by atoms with E-state index in [0.717, 1.165) is 17.1 Å². The van der Waals surface area contributed by atoms with Gasteiger partial charge in [0.05, 0.1) is 0 Å². The minimum absolute atomic E-state index is 0.0547. The van der Waals surface area contributed by atoms with Crippen molar-refractivity contribution in [2.24, 2.45) is 0 Å². The monoisotopic (exact) mass is 289 g/mol. The van der Waals surface area contributed by atoms with E-state index in [1.807, 2.05) is 38.1 Å². The first kappa shape index (κ1) is 14.4. The van der Waals surface area contributed by atoms with E-state index in [1.54, 1.807) is 12.1 Å². The zero-order valence-corrected chi connectivity index (χ0v) is 12.2. The average molecular weight is 290 g/mol. The molecule has 0 saturated carbocycles. The van der Waals surface area contributed by atoms with Crippen LogP contribution in [0.15, 0.2) is 42.5 Å². The van der Waals surface area contributed by atoms with Crippen molar-refractivity contribution < 1.29 is 9.53 Å². The van der Waals surface area contributed by atoms with Gasteiger partial charge < -0.3 is 10.1 Å². The van der Waals surface area contributed by atoms with E-state index < -0.39 is 0 Å². The molecule has 0 bridgehead atoms. The molecule has 104 valence electrons. The Morgan fingerprint density at radius 3 is 2.45 bits per heavy atom. The summed E-state index contributed by atoms with van der Waals surface area (Å²) in [6.45, 7) is 4.06. The molecule has 2 aromatic rings. The van der Waals surface area contributed by atoms with Crippen LogP contribution in [0.4, 0.5) is 5.69 Å². The molecule has 0 heterocycles. The molecular weight excluding hydrogens is 274 g/mol. The number of aryl methyl sites for hydroxylation is 2. The van der Waals surface area contributed by atoms with Gasteiger partial charge in [-0.15, -0.1) is 11.6 Å². The molecule has 1 N–H and O–H groups in total. The van der Waals surface area contributed by atoms with Gasteiger partial charge in [-0.3, -0.25) is 4.79 Å². The summed E-state index contributed by atoms with van der Waals surface area (Å²) < 4.78 is 5.81. The maximum atomic E-state index is 11.2. The third-order valence-corrected chi connectivity index (χ3v) is 3.06. The standard InChI is InChI=1S/C16H16ClNO2/c1-11-3-8-15(12(2)9-11)20-14-6-4-13(5-7-14)18-16(19)10-17/h3-9H,10H2,1-2H3,(H,18,19). The lowest BCUT2D eigenvalue weighted by Gasteiger charge is -2.10. The summed E-state index contributed by atoms with van der Waals surface area (Å²) in [6, 6.07) is 13.2. The van der Waals surface area contributed by atoms with Gasteiger partial charge in [-0.25, -0.2) is 0 Å². The normalized spacial score (nSPS) is 10.2. The number of carbonyl (C=O) groups is 1. The van der Waals surface area contributed by atoms with Crippen LogP contribution in [0.3, 0.4) is 0 Å². The second-order valence-electron chi connectivity index (χ2n) is 4.58. The fourth-order valence-corrected chi connectivity index (χ4v) is 1.91. The van der Waals surface area contributed by atoms with E-state index in [2.05, 4.69) is 11.4 Å². The molecule has 0 aliphatic carbocycles. The smallest absolute Gasteiger partial charge is 0.239 e. The maximum absolute atomic E-state index is 11.2. The predicted molar refractivity (Wildman–Crippen MR) is 81.8 cm³/mol. The van der Waals surface area contributed by atoms with Crippen LogP contribution < -0.4 is 10.1 Å². The lowest BCUT2D eigenvalue weighted by atomic mass is 10.1. The summed E-state index contributed by atoms with van der Waals surface area (Å²) in [6.07, 6.45) is 0. The van der Waals surface area contributed by atoms with Gasteiger partial charge in [0.1, 0.15) is 17.4 Å². The molecule has 0 saturated heterocycles. The van der Waals surface area contributed by atoms with Crippen molar-refractivity contribution in [3.63, 3.8) is 0 Å². The number of nitrogens with one attached hydrogen (secondary N) is 1. The first-order chi connectivity index (χ1) is 9.58. The Morgan fingerprint density at radius 1 is 1.15 bits per heavy atom. The molecule has 2 rings (SSSR count). The van der Waals surface area contributed by atoms with Gasteiger partial charge >= 0.3 is 0 Å². The van der Waals surface area contributed by atoms with Crippen LogP contribution in [-0.2, 0) is 4.79 Å². The quantitative estimate of drug-likeness (QED) is 0.854. The van der Waals surface area contributed by atoms with Gasteiger partial charge in [0, 0.05) is 5.69 Å². The number of hydrogen-bond acceptors (Lipinski definition) is 2. The molecule has 0 aromatic heterocycles. The second-order valence-corrected chi connectivity index (χ2v) is 4.84. The summed E-state index contributed by atoms with van der Waals surface area (Å²) in [5.41, 5.74) is 2.99. The van der Waals surface area contributed by atoms with Gasteiger partial charge in [0.2, 0.25) is 5.91 Å². The highest BCUT2D eigenvalue weighted by Gasteiger charge is 2.03. The van der Waals surface area contributed by atoms with E-state index in [-0.39, 0.29) is 11.8 Å². The number of anilines is 1. The zero-order valence-electron chi connectivity index (χ0n) is 11.4. The van der Waals surface area contributed by atoms with Crippen LogP contribution in [0.2, 0.25) is 0 Å². The second kappa shape index (κ2) is 6.44. The van der Waals surface area contributed by atoms with Crippen LogP contribution in [0.25, 0.3) is 0 Å². The molecule has 1 amide bonds. The van der Waals surface area contributed by atoms with Gasteiger partial charge in [-0.05, 0) is 49.7 Å². The zero-order chi connectivity index (χ0) is 14.5. The summed E-state index contributed by atoms with van der Waals surface area (Å²) in [5, 5.41) is 2.68. The number of amides is 1. The molecule has 20 heavy (non-hydrogen) atoms. The van der Waals surface area contributed by atoms with E-state index in [4.69, 9.17) is 16.3 Å². The minimum atomic E-state index is -0.227. The van der Waals surface area contributed by atoms with E-state index in [1.165, 1.54) is 5.56 Å². The van der Waals surface area contributed by atoms with Crippen molar-refractivity contribution in [3.05, 3.63) is 53.6 Å². The van der Waals surface area contributed by atoms with Crippen molar-refractivity contribution in [1.82, 2.24) is 0 Å². The number of rotatable bonds is 4. The maximum Gasteiger partial charge on any atom is 0.239 e. The molecule has 0 atom stereocenters. The Balaban J connectivity index is 2.08. The average Bonchev–Trinajstić information content (AvgIpc) is 2.44. The molecule has 0 unspecified atom stereocenters. The highest BCUT2D eigenvalue weighted by Crippen LogP contribution is 2.26. The number of halogens is 1. The molecule has 0 radical (unpaired) electrons. The molecule has 0 fully saturated rings. The molecular formula is C16H16ClNO2. The van der Waals surface area contributed by atoms with Crippen LogP contribution in [0.5, 0.6) is 11.5 Å². The first-order valence-corrected chi connectivity index (χ1v) is 6.83. The van der Waals surface area contributed by atoms with Gasteiger partial charge in [0.25, 0.3) is 0 Å². The lowest BCUT2D eigenvalue weighted by molar-refractivity contribution is -0.113. The topological polar surface area (TPSA) is 38.3 Å². The highest BCUT2D eigenvalue weighted by molar-refractivity contribution is 6.29.